The summed E-state index contributed by atoms with van der Waals surface area (Å²) in [7, 11) is 0. The van der Waals surface area contributed by atoms with Crippen molar-refractivity contribution in [3.63, 3.8) is 0 Å². The number of ether oxygens (including phenoxy) is 1. The van der Waals surface area contributed by atoms with Crippen molar-refractivity contribution in [2.24, 2.45) is 0 Å². The van der Waals surface area contributed by atoms with E-state index in [1.54, 1.807) is 24.4 Å². The van der Waals surface area contributed by atoms with Crippen molar-refractivity contribution in [3.05, 3.63) is 22.4 Å². The van der Waals surface area contributed by atoms with Gasteiger partial charge in [-0.25, -0.2) is 4.79 Å². The molecule has 0 saturated heterocycles. The predicted molar refractivity (Wildman–Crippen MR) is 76.1 cm³/mol. The Hall–Kier alpha value is -2.22. The lowest BCUT2D eigenvalue weighted by Gasteiger charge is -2.05. The van der Waals surface area contributed by atoms with Gasteiger partial charge in [0.15, 0.2) is 12.4 Å². The van der Waals surface area contributed by atoms with Crippen LogP contribution in [0, 0.1) is 0 Å². The number of ketones is 1. The highest BCUT2D eigenvalue weighted by Crippen LogP contribution is 2.12. The minimum atomic E-state index is -0.723. The van der Waals surface area contributed by atoms with Gasteiger partial charge in [0.05, 0.1) is 11.3 Å². The number of urea groups is 1. The van der Waals surface area contributed by atoms with Crippen LogP contribution in [0.15, 0.2) is 17.5 Å². The molecule has 7 nitrogen and oxygen atoms in total. The van der Waals surface area contributed by atoms with Gasteiger partial charge in [-0.2, -0.15) is 0 Å². The summed E-state index contributed by atoms with van der Waals surface area (Å²) in [5.41, 5.74) is 0. The monoisotopic (exact) mass is 312 g/mol. The van der Waals surface area contributed by atoms with Gasteiger partial charge in [-0.05, 0) is 18.4 Å². The summed E-state index contributed by atoms with van der Waals surface area (Å²) in [6, 6.07) is 2.78. The van der Waals surface area contributed by atoms with Crippen molar-refractivity contribution in [2.75, 3.05) is 13.2 Å². The Balaban J connectivity index is 2.20. The largest absolute Gasteiger partial charge is 0.456 e. The summed E-state index contributed by atoms with van der Waals surface area (Å²) in [5, 5.41) is 6.13. The number of imide groups is 1. The standard InChI is InChI=1S/C13H16N2O5S/c1-2-14-13(19)15-11(17)8-20-12(18)6-5-9(16)10-4-3-7-21-10/h3-4,7H,2,5-6,8H2,1H3,(H2,14,15,17,19). The van der Waals surface area contributed by atoms with Gasteiger partial charge in [0.1, 0.15) is 0 Å². The third-order valence-corrected chi connectivity index (χ3v) is 3.22. The molecule has 1 heterocycles. The van der Waals surface area contributed by atoms with E-state index in [0.717, 1.165) is 0 Å². The van der Waals surface area contributed by atoms with Crippen LogP contribution in [-0.2, 0) is 14.3 Å². The van der Waals surface area contributed by atoms with Gasteiger partial charge in [0, 0.05) is 13.0 Å². The lowest BCUT2D eigenvalue weighted by molar-refractivity contribution is -0.148. The number of carbonyl (C=O) groups excluding carboxylic acids is 4. The molecule has 0 bridgehead atoms. The van der Waals surface area contributed by atoms with Crippen LogP contribution in [-0.4, -0.2) is 36.8 Å². The molecule has 0 aliphatic rings. The first kappa shape index (κ1) is 16.8. The van der Waals surface area contributed by atoms with Crippen molar-refractivity contribution in [1.29, 1.82) is 0 Å². The van der Waals surface area contributed by atoms with Crippen LogP contribution in [0.25, 0.3) is 0 Å². The summed E-state index contributed by atoms with van der Waals surface area (Å²) >= 11 is 1.30. The lowest BCUT2D eigenvalue weighted by Crippen LogP contribution is -2.41. The van der Waals surface area contributed by atoms with E-state index < -0.39 is 24.5 Å². The van der Waals surface area contributed by atoms with Crippen molar-refractivity contribution in [2.45, 2.75) is 19.8 Å². The Morgan fingerprint density at radius 1 is 1.24 bits per heavy atom. The van der Waals surface area contributed by atoms with E-state index in [9.17, 15) is 19.2 Å². The summed E-state index contributed by atoms with van der Waals surface area (Å²) in [6.45, 7) is 1.53. The van der Waals surface area contributed by atoms with Gasteiger partial charge in [0.2, 0.25) is 0 Å². The molecule has 0 aliphatic heterocycles. The van der Waals surface area contributed by atoms with Gasteiger partial charge in [0.25, 0.3) is 5.91 Å². The van der Waals surface area contributed by atoms with Crippen LogP contribution < -0.4 is 10.6 Å². The minimum absolute atomic E-state index is 0.0251. The molecule has 21 heavy (non-hydrogen) atoms. The Morgan fingerprint density at radius 3 is 2.62 bits per heavy atom. The first-order valence-electron chi connectivity index (χ1n) is 6.33. The molecular weight excluding hydrogens is 296 g/mol. The Morgan fingerprint density at radius 2 is 2.00 bits per heavy atom. The van der Waals surface area contributed by atoms with Gasteiger partial charge < -0.3 is 10.1 Å². The second-order valence-electron chi connectivity index (χ2n) is 3.97. The van der Waals surface area contributed by atoms with E-state index in [2.05, 4.69) is 10.1 Å². The molecule has 0 saturated carbocycles. The molecular formula is C13H16N2O5S. The Kier molecular flexibility index (Phi) is 7.10. The fraction of sp³-hybridized carbons (Fsp3) is 0.385. The van der Waals surface area contributed by atoms with Crippen LogP contribution >= 0.6 is 11.3 Å². The van der Waals surface area contributed by atoms with E-state index in [1.165, 1.54) is 11.3 Å². The van der Waals surface area contributed by atoms with E-state index in [1.807, 2.05) is 5.32 Å². The molecule has 0 atom stereocenters. The number of nitrogens with one attached hydrogen (secondary N) is 2. The molecule has 3 amide bonds. The quantitative estimate of drug-likeness (QED) is 0.580. The zero-order valence-corrected chi connectivity index (χ0v) is 12.3. The molecule has 8 heteroatoms. The van der Waals surface area contributed by atoms with Gasteiger partial charge in [-0.1, -0.05) is 6.07 Å². The zero-order chi connectivity index (χ0) is 15.7. The molecule has 0 aromatic carbocycles. The lowest BCUT2D eigenvalue weighted by atomic mass is 10.2. The SMILES string of the molecule is CCNC(=O)NC(=O)COC(=O)CCC(=O)c1cccs1. The maximum atomic E-state index is 11.6. The van der Waals surface area contributed by atoms with Gasteiger partial charge in [-0.15, -0.1) is 11.3 Å². The van der Waals surface area contributed by atoms with Crippen molar-refractivity contribution < 1.29 is 23.9 Å². The topological polar surface area (TPSA) is 102 Å². The fourth-order valence-corrected chi connectivity index (χ4v) is 2.06. The number of thiophene rings is 1. The molecule has 0 aliphatic carbocycles. The number of hydrogen-bond donors (Lipinski definition) is 2. The van der Waals surface area contributed by atoms with Crippen molar-refractivity contribution in [3.8, 4) is 0 Å². The summed E-state index contributed by atoms with van der Waals surface area (Å²) in [4.78, 5) is 45.9. The third kappa shape index (κ3) is 6.66. The number of esters is 1. The van der Waals surface area contributed by atoms with E-state index in [0.29, 0.717) is 11.4 Å². The summed E-state index contributed by atoms with van der Waals surface area (Å²) in [5.74, 6) is -1.53. The van der Waals surface area contributed by atoms with E-state index in [-0.39, 0.29) is 18.6 Å². The first-order chi connectivity index (χ1) is 10.0. The minimum Gasteiger partial charge on any atom is -0.456 e. The Bertz CT molecular complexity index is 513. The van der Waals surface area contributed by atoms with Gasteiger partial charge in [-0.3, -0.25) is 19.7 Å². The molecule has 0 radical (unpaired) electrons. The highest BCUT2D eigenvalue weighted by Gasteiger charge is 2.13. The highest BCUT2D eigenvalue weighted by atomic mass is 32.1. The number of carbonyl (C=O) groups is 4. The smallest absolute Gasteiger partial charge is 0.321 e. The second kappa shape index (κ2) is 8.85. The maximum absolute atomic E-state index is 11.6. The number of rotatable bonds is 7. The van der Waals surface area contributed by atoms with Crippen LogP contribution in [0.3, 0.4) is 0 Å². The zero-order valence-electron chi connectivity index (χ0n) is 11.5. The molecule has 2 N–H and O–H groups in total. The molecule has 1 aromatic rings. The maximum Gasteiger partial charge on any atom is 0.321 e. The molecule has 1 aromatic heterocycles. The van der Waals surface area contributed by atoms with Crippen LogP contribution in [0.4, 0.5) is 4.79 Å². The molecule has 0 spiro atoms. The molecule has 0 fully saturated rings. The van der Waals surface area contributed by atoms with Crippen LogP contribution in [0.1, 0.15) is 29.4 Å². The highest BCUT2D eigenvalue weighted by molar-refractivity contribution is 7.12. The van der Waals surface area contributed by atoms with E-state index in [4.69, 9.17) is 0 Å². The number of amides is 3. The van der Waals surface area contributed by atoms with Crippen molar-refractivity contribution in [1.82, 2.24) is 10.6 Å². The molecule has 1 rings (SSSR count). The van der Waals surface area contributed by atoms with Crippen molar-refractivity contribution >= 4 is 35.0 Å². The molecule has 0 unspecified atom stereocenters. The number of Topliss-reactive ketones (excluding diaryl/α,β-unsaturated/α-hetero) is 1. The predicted octanol–water partition coefficient (Wildman–Crippen LogP) is 1.10. The first-order valence-corrected chi connectivity index (χ1v) is 7.21. The normalized spacial score (nSPS) is 9.76. The number of hydrogen-bond acceptors (Lipinski definition) is 6. The third-order valence-electron chi connectivity index (χ3n) is 2.31. The summed E-state index contributed by atoms with van der Waals surface area (Å²) in [6.07, 6.45) is -0.0809. The summed E-state index contributed by atoms with van der Waals surface area (Å²) < 4.78 is 4.67. The molecule has 114 valence electrons. The van der Waals surface area contributed by atoms with E-state index >= 15 is 0 Å². The van der Waals surface area contributed by atoms with Crippen LogP contribution in [0.2, 0.25) is 0 Å². The average molecular weight is 312 g/mol. The Labute approximate surface area is 125 Å². The second-order valence-corrected chi connectivity index (χ2v) is 4.92. The average Bonchev–Trinajstić information content (AvgIpc) is 2.97. The van der Waals surface area contributed by atoms with Crippen LogP contribution in [0.5, 0.6) is 0 Å². The fourth-order valence-electron chi connectivity index (χ4n) is 1.36. The van der Waals surface area contributed by atoms with Gasteiger partial charge >= 0.3 is 12.0 Å².